The molecule has 1 rings (SSSR count). The smallest absolute Gasteiger partial charge is 0.171 e. The van der Waals surface area contributed by atoms with Gasteiger partial charge >= 0.3 is 0 Å². The molecule has 2 nitrogen and oxygen atoms in total. The normalized spacial score (nSPS) is 10.3. The van der Waals surface area contributed by atoms with Crippen LogP contribution in [-0.4, -0.2) is 10.2 Å². The fourth-order valence-corrected chi connectivity index (χ4v) is 1.84. The summed E-state index contributed by atoms with van der Waals surface area (Å²) in [4.78, 5) is 0. The fourth-order valence-electron chi connectivity index (χ4n) is 1.16. The summed E-state index contributed by atoms with van der Waals surface area (Å²) in [6, 6.07) is 3.54. The molecule has 0 aliphatic heterocycles. The molecule has 1 aromatic rings. The van der Waals surface area contributed by atoms with Gasteiger partial charge in [0.1, 0.15) is 0 Å². The lowest BCUT2D eigenvalue weighted by atomic mass is 10.1. The number of hydrogen-bond acceptors (Lipinski definition) is 2. The molecule has 0 saturated heterocycles. The van der Waals surface area contributed by atoms with Crippen LogP contribution in [0.5, 0.6) is 11.5 Å². The molecule has 2 N–H and O–H groups in total. The number of rotatable bonds is 3. The highest BCUT2D eigenvalue weighted by Crippen LogP contribution is 2.31. The lowest BCUT2D eigenvalue weighted by molar-refractivity contribution is 0.400. The maximum atomic E-state index is 9.33. The van der Waals surface area contributed by atoms with E-state index in [2.05, 4.69) is 6.92 Å². The van der Waals surface area contributed by atoms with E-state index in [1.165, 1.54) is 0 Å². The molecule has 0 spiro atoms. The van der Waals surface area contributed by atoms with Gasteiger partial charge in [-0.05, 0) is 53.1 Å². The van der Waals surface area contributed by atoms with E-state index in [1.54, 1.807) is 6.07 Å². The van der Waals surface area contributed by atoms with E-state index in [4.69, 9.17) is 0 Å². The van der Waals surface area contributed by atoms with Crippen LogP contribution in [0.2, 0.25) is 0 Å². The third-order valence-electron chi connectivity index (χ3n) is 1.92. The molecule has 0 fully saturated rings. The Hall–Kier alpha value is -0.450. The topological polar surface area (TPSA) is 40.5 Å². The molecule has 0 bridgehead atoms. The fraction of sp³-hybridized carbons (Fsp3) is 0.400. The van der Waals surface area contributed by atoms with E-state index in [0.717, 1.165) is 24.8 Å². The molecule has 0 unspecified atom stereocenters. The highest BCUT2D eigenvalue weighted by Gasteiger charge is 2.05. The zero-order valence-corrected chi connectivity index (χ0v) is 9.71. The Labute approximate surface area is 91.7 Å². The lowest BCUT2D eigenvalue weighted by Gasteiger charge is -2.04. The van der Waals surface area contributed by atoms with Crippen molar-refractivity contribution < 1.29 is 10.2 Å². The molecule has 13 heavy (non-hydrogen) atoms. The first kappa shape index (κ1) is 10.6. The molecule has 0 saturated carbocycles. The van der Waals surface area contributed by atoms with Crippen LogP contribution in [0.4, 0.5) is 0 Å². The maximum absolute atomic E-state index is 9.33. The summed E-state index contributed by atoms with van der Waals surface area (Å²) in [6.07, 6.45) is 3.21. The Balaban J connectivity index is 2.86. The van der Waals surface area contributed by atoms with E-state index in [1.807, 2.05) is 28.7 Å². The predicted octanol–water partition coefficient (Wildman–Crippen LogP) is 3.05. The van der Waals surface area contributed by atoms with Crippen molar-refractivity contribution >= 4 is 22.6 Å². The number of phenolic OH excluding ortho intramolecular Hbond substituents is 2. The summed E-state index contributed by atoms with van der Waals surface area (Å²) in [5.74, 6) is -0.0288. The third kappa shape index (κ3) is 2.76. The first-order chi connectivity index (χ1) is 6.15. The summed E-state index contributed by atoms with van der Waals surface area (Å²) >= 11 is 2.02. The van der Waals surface area contributed by atoms with E-state index < -0.39 is 0 Å². The van der Waals surface area contributed by atoms with Gasteiger partial charge in [0.2, 0.25) is 0 Å². The van der Waals surface area contributed by atoms with E-state index in [0.29, 0.717) is 3.57 Å². The molecule has 1 aromatic carbocycles. The molecular formula is C10H13IO2. The summed E-state index contributed by atoms with van der Waals surface area (Å²) in [6.45, 7) is 2.13. The maximum Gasteiger partial charge on any atom is 0.171 e. The minimum absolute atomic E-state index is 0.0131. The minimum atomic E-state index is -0.0157. The van der Waals surface area contributed by atoms with Crippen molar-refractivity contribution in [2.24, 2.45) is 0 Å². The summed E-state index contributed by atoms with van der Waals surface area (Å²) in [5, 5.41) is 18.6. The van der Waals surface area contributed by atoms with Gasteiger partial charge in [0.25, 0.3) is 0 Å². The predicted molar refractivity (Wildman–Crippen MR) is 61.1 cm³/mol. The lowest BCUT2D eigenvalue weighted by Crippen LogP contribution is -1.86. The van der Waals surface area contributed by atoms with Crippen molar-refractivity contribution in [3.8, 4) is 11.5 Å². The van der Waals surface area contributed by atoms with Crippen molar-refractivity contribution in [1.82, 2.24) is 0 Å². The van der Waals surface area contributed by atoms with Gasteiger partial charge in [-0.15, -0.1) is 0 Å². The molecule has 0 aromatic heterocycles. The zero-order valence-electron chi connectivity index (χ0n) is 7.55. The number of aromatic hydroxyl groups is 2. The SMILES string of the molecule is CCCCc1cc(O)c(O)c(I)c1. The van der Waals surface area contributed by atoms with Gasteiger partial charge in [0, 0.05) is 0 Å². The summed E-state index contributed by atoms with van der Waals surface area (Å²) in [5.41, 5.74) is 1.08. The number of aryl methyl sites for hydroxylation is 1. The van der Waals surface area contributed by atoms with Crippen LogP contribution in [0, 0.1) is 3.57 Å². The number of benzene rings is 1. The number of phenols is 2. The second-order valence-electron chi connectivity index (χ2n) is 3.05. The largest absolute Gasteiger partial charge is 0.504 e. The van der Waals surface area contributed by atoms with Crippen LogP contribution in [0.15, 0.2) is 12.1 Å². The van der Waals surface area contributed by atoms with Gasteiger partial charge in [-0.1, -0.05) is 13.3 Å². The van der Waals surface area contributed by atoms with Crippen molar-refractivity contribution in [2.75, 3.05) is 0 Å². The van der Waals surface area contributed by atoms with E-state index in [-0.39, 0.29) is 11.5 Å². The Morgan fingerprint density at radius 1 is 1.31 bits per heavy atom. The summed E-state index contributed by atoms with van der Waals surface area (Å²) < 4.78 is 0.712. The van der Waals surface area contributed by atoms with Gasteiger partial charge in [-0.25, -0.2) is 0 Å². The first-order valence-corrected chi connectivity index (χ1v) is 5.43. The molecule has 0 atom stereocenters. The first-order valence-electron chi connectivity index (χ1n) is 4.35. The van der Waals surface area contributed by atoms with Gasteiger partial charge in [0.15, 0.2) is 11.5 Å². The number of unbranched alkanes of at least 4 members (excludes halogenated alkanes) is 1. The monoisotopic (exact) mass is 292 g/mol. The van der Waals surface area contributed by atoms with Crippen molar-refractivity contribution in [3.05, 3.63) is 21.3 Å². The Morgan fingerprint density at radius 3 is 2.54 bits per heavy atom. The number of halogens is 1. The highest BCUT2D eigenvalue weighted by atomic mass is 127. The van der Waals surface area contributed by atoms with Crippen LogP contribution in [-0.2, 0) is 6.42 Å². The molecular weight excluding hydrogens is 279 g/mol. The Bertz CT molecular complexity index is 274. The van der Waals surface area contributed by atoms with Crippen LogP contribution in [0.3, 0.4) is 0 Å². The quantitative estimate of drug-likeness (QED) is 0.664. The zero-order chi connectivity index (χ0) is 9.84. The molecule has 0 aliphatic rings. The van der Waals surface area contributed by atoms with Gasteiger partial charge in [-0.2, -0.15) is 0 Å². The standard InChI is InChI=1S/C10H13IO2/c1-2-3-4-7-5-8(11)10(13)9(12)6-7/h5-6,12-13H,2-4H2,1H3. The van der Waals surface area contributed by atoms with Gasteiger partial charge < -0.3 is 10.2 Å². The number of hydrogen-bond donors (Lipinski definition) is 2. The second kappa shape index (κ2) is 4.69. The molecule has 0 heterocycles. The van der Waals surface area contributed by atoms with Gasteiger partial charge in [0.05, 0.1) is 3.57 Å². The average Bonchev–Trinajstić information content (AvgIpc) is 2.10. The van der Waals surface area contributed by atoms with Gasteiger partial charge in [-0.3, -0.25) is 0 Å². The van der Waals surface area contributed by atoms with E-state index in [9.17, 15) is 10.2 Å². The molecule has 0 amide bonds. The molecule has 3 heteroatoms. The van der Waals surface area contributed by atoms with Crippen molar-refractivity contribution in [2.45, 2.75) is 26.2 Å². The van der Waals surface area contributed by atoms with Crippen molar-refractivity contribution in [3.63, 3.8) is 0 Å². The Morgan fingerprint density at radius 2 is 2.00 bits per heavy atom. The van der Waals surface area contributed by atoms with E-state index >= 15 is 0 Å². The van der Waals surface area contributed by atoms with Crippen LogP contribution in [0.1, 0.15) is 25.3 Å². The summed E-state index contributed by atoms with van der Waals surface area (Å²) in [7, 11) is 0. The molecule has 0 aliphatic carbocycles. The molecule has 0 radical (unpaired) electrons. The van der Waals surface area contributed by atoms with Crippen LogP contribution >= 0.6 is 22.6 Å². The van der Waals surface area contributed by atoms with Crippen molar-refractivity contribution in [1.29, 1.82) is 0 Å². The molecule has 72 valence electrons. The minimum Gasteiger partial charge on any atom is -0.504 e. The highest BCUT2D eigenvalue weighted by molar-refractivity contribution is 14.1. The van der Waals surface area contributed by atoms with Crippen LogP contribution in [0.25, 0.3) is 0 Å². The second-order valence-corrected chi connectivity index (χ2v) is 4.21. The average molecular weight is 292 g/mol. The Kier molecular flexibility index (Phi) is 3.84. The van der Waals surface area contributed by atoms with Crippen LogP contribution < -0.4 is 0 Å². The third-order valence-corrected chi connectivity index (χ3v) is 2.74.